The largest absolute Gasteiger partial charge is 0.441 e. The molecule has 2 nitrogen and oxygen atoms in total. The fraction of sp³-hybridized carbons (Fsp3) is 0.250. The normalized spacial score (nSPS) is 10.8. The molecule has 1 heterocycles. The molecule has 0 aliphatic carbocycles. The van der Waals surface area contributed by atoms with Gasteiger partial charge in [-0.15, -0.1) is 11.6 Å². The highest BCUT2D eigenvalue weighted by atomic mass is 79.9. The minimum Gasteiger partial charge on any atom is -0.441 e. The van der Waals surface area contributed by atoms with E-state index in [-0.39, 0.29) is 0 Å². The van der Waals surface area contributed by atoms with E-state index in [2.05, 4.69) is 36.8 Å². The van der Waals surface area contributed by atoms with Gasteiger partial charge in [0, 0.05) is 26.8 Å². The molecule has 2 aromatic rings. The highest BCUT2D eigenvalue weighted by Gasteiger charge is 2.09. The van der Waals surface area contributed by atoms with E-state index in [0.717, 1.165) is 39.0 Å². The van der Waals surface area contributed by atoms with Crippen molar-refractivity contribution in [3.05, 3.63) is 39.2 Å². The minimum absolute atomic E-state index is 0.625. The number of oxazole rings is 1. The first-order valence-electron chi connectivity index (χ1n) is 5.17. The molecule has 5 heteroatoms. The number of alkyl halides is 1. The molecule has 0 radical (unpaired) electrons. The van der Waals surface area contributed by atoms with E-state index in [9.17, 15) is 0 Å². The van der Waals surface area contributed by atoms with Crippen LogP contribution in [0.2, 0.25) is 0 Å². The Hall–Kier alpha value is -0.320. The van der Waals surface area contributed by atoms with Gasteiger partial charge in [-0.3, -0.25) is 0 Å². The van der Waals surface area contributed by atoms with Crippen molar-refractivity contribution in [2.45, 2.75) is 12.8 Å². The monoisotopic (exact) mass is 377 g/mol. The maximum atomic E-state index is 5.68. The summed E-state index contributed by atoms with van der Waals surface area (Å²) in [5, 5.41) is 0. The first kappa shape index (κ1) is 13.1. The van der Waals surface area contributed by atoms with Crippen LogP contribution >= 0.6 is 43.5 Å². The Morgan fingerprint density at radius 1 is 1.29 bits per heavy atom. The molecule has 90 valence electrons. The Kier molecular flexibility index (Phi) is 4.65. The lowest BCUT2D eigenvalue weighted by Crippen LogP contribution is -1.84. The minimum atomic E-state index is 0.625. The predicted molar refractivity (Wildman–Crippen MR) is 76.4 cm³/mol. The molecule has 2 rings (SSSR count). The number of nitrogens with zero attached hydrogens (tertiary/aromatic N) is 1. The quantitative estimate of drug-likeness (QED) is 0.696. The van der Waals surface area contributed by atoms with E-state index >= 15 is 0 Å². The summed E-state index contributed by atoms with van der Waals surface area (Å²) in [6.07, 6.45) is 3.40. The number of rotatable bonds is 4. The molecule has 0 atom stereocenters. The molecule has 1 aromatic carbocycles. The molecule has 0 aliphatic heterocycles. The average molecular weight is 379 g/mol. The maximum Gasteiger partial charge on any atom is 0.194 e. The van der Waals surface area contributed by atoms with E-state index in [1.807, 2.05) is 18.2 Å². The first-order chi connectivity index (χ1) is 8.20. The van der Waals surface area contributed by atoms with Crippen molar-refractivity contribution >= 4 is 43.5 Å². The van der Waals surface area contributed by atoms with Gasteiger partial charge in [-0.25, -0.2) is 4.98 Å². The van der Waals surface area contributed by atoms with Gasteiger partial charge in [0.2, 0.25) is 0 Å². The summed E-state index contributed by atoms with van der Waals surface area (Å²) >= 11 is 12.6. The van der Waals surface area contributed by atoms with Gasteiger partial charge >= 0.3 is 0 Å². The van der Waals surface area contributed by atoms with Crippen molar-refractivity contribution in [2.75, 3.05) is 5.88 Å². The average Bonchev–Trinajstić information content (AvgIpc) is 2.75. The molecule has 0 bridgehead atoms. The number of benzene rings is 1. The van der Waals surface area contributed by atoms with E-state index < -0.39 is 0 Å². The SMILES string of the molecule is ClCCCc1ncc(-c2ccc(Br)cc2Br)o1. The van der Waals surface area contributed by atoms with Crippen molar-refractivity contribution in [3.8, 4) is 11.3 Å². The van der Waals surface area contributed by atoms with Gasteiger partial charge in [0.05, 0.1) is 6.20 Å². The standard InChI is InChI=1S/C12H10Br2ClNO/c13-8-3-4-9(10(14)6-8)11-7-16-12(17-11)2-1-5-15/h3-4,6-7H,1-2,5H2. The second-order valence-electron chi connectivity index (χ2n) is 3.53. The second kappa shape index (κ2) is 6.03. The number of aromatic nitrogens is 1. The van der Waals surface area contributed by atoms with Crippen molar-refractivity contribution in [2.24, 2.45) is 0 Å². The van der Waals surface area contributed by atoms with Crippen LogP contribution in [0, 0.1) is 0 Å². The number of hydrogen-bond donors (Lipinski definition) is 0. The summed E-state index contributed by atoms with van der Waals surface area (Å²) in [6.45, 7) is 0. The van der Waals surface area contributed by atoms with Gasteiger partial charge in [-0.05, 0) is 40.5 Å². The Morgan fingerprint density at radius 2 is 2.12 bits per heavy atom. The van der Waals surface area contributed by atoms with Crippen LogP contribution in [0.15, 0.2) is 37.8 Å². The molecule has 0 unspecified atom stereocenters. The van der Waals surface area contributed by atoms with Gasteiger partial charge in [0.15, 0.2) is 11.7 Å². The van der Waals surface area contributed by atoms with Crippen LogP contribution in [-0.2, 0) is 6.42 Å². The Labute approximate surface area is 122 Å². The first-order valence-corrected chi connectivity index (χ1v) is 7.29. The van der Waals surface area contributed by atoms with Crippen LogP contribution in [0.4, 0.5) is 0 Å². The van der Waals surface area contributed by atoms with E-state index in [1.54, 1.807) is 6.20 Å². The molecule has 0 amide bonds. The van der Waals surface area contributed by atoms with Crippen LogP contribution in [0.25, 0.3) is 11.3 Å². The molecule has 0 spiro atoms. The van der Waals surface area contributed by atoms with Crippen molar-refractivity contribution in [1.29, 1.82) is 0 Å². The van der Waals surface area contributed by atoms with Gasteiger partial charge in [-0.2, -0.15) is 0 Å². The Bertz CT molecular complexity index is 513. The van der Waals surface area contributed by atoms with Gasteiger partial charge < -0.3 is 4.42 Å². The summed E-state index contributed by atoms with van der Waals surface area (Å²) < 4.78 is 7.68. The highest BCUT2D eigenvalue weighted by molar-refractivity contribution is 9.11. The fourth-order valence-corrected chi connectivity index (χ4v) is 2.83. The fourth-order valence-electron chi connectivity index (χ4n) is 1.46. The molecule has 0 saturated heterocycles. The lowest BCUT2D eigenvalue weighted by atomic mass is 10.2. The van der Waals surface area contributed by atoms with Crippen molar-refractivity contribution in [3.63, 3.8) is 0 Å². The Balaban J connectivity index is 2.24. The number of aryl methyl sites for hydroxylation is 1. The topological polar surface area (TPSA) is 26.0 Å². The molecule has 17 heavy (non-hydrogen) atoms. The molecular formula is C12H10Br2ClNO. The van der Waals surface area contributed by atoms with Gasteiger partial charge in [-0.1, -0.05) is 15.9 Å². The third-order valence-electron chi connectivity index (χ3n) is 2.27. The summed E-state index contributed by atoms with van der Waals surface area (Å²) in [5.74, 6) is 2.13. The zero-order valence-electron chi connectivity index (χ0n) is 8.92. The Morgan fingerprint density at radius 3 is 2.82 bits per heavy atom. The van der Waals surface area contributed by atoms with E-state index in [1.165, 1.54) is 0 Å². The summed E-state index contributed by atoms with van der Waals surface area (Å²) in [6, 6.07) is 5.94. The second-order valence-corrected chi connectivity index (χ2v) is 5.68. The highest BCUT2D eigenvalue weighted by Crippen LogP contribution is 2.31. The van der Waals surface area contributed by atoms with Gasteiger partial charge in [0.25, 0.3) is 0 Å². The predicted octanol–water partition coefficient (Wildman–Crippen LogP) is 5.04. The van der Waals surface area contributed by atoms with Crippen LogP contribution in [0.1, 0.15) is 12.3 Å². The summed E-state index contributed by atoms with van der Waals surface area (Å²) in [5.41, 5.74) is 0.998. The molecular weight excluding hydrogens is 369 g/mol. The van der Waals surface area contributed by atoms with Crippen LogP contribution in [0.5, 0.6) is 0 Å². The number of hydrogen-bond acceptors (Lipinski definition) is 2. The third kappa shape index (κ3) is 3.33. The lowest BCUT2D eigenvalue weighted by Gasteiger charge is -2.00. The zero-order valence-corrected chi connectivity index (χ0v) is 12.8. The molecule has 0 N–H and O–H groups in total. The third-order valence-corrected chi connectivity index (χ3v) is 3.69. The van der Waals surface area contributed by atoms with Crippen LogP contribution in [-0.4, -0.2) is 10.9 Å². The van der Waals surface area contributed by atoms with E-state index in [4.69, 9.17) is 16.0 Å². The smallest absolute Gasteiger partial charge is 0.194 e. The van der Waals surface area contributed by atoms with Crippen molar-refractivity contribution in [1.82, 2.24) is 4.98 Å². The summed E-state index contributed by atoms with van der Waals surface area (Å²) in [7, 11) is 0. The lowest BCUT2D eigenvalue weighted by molar-refractivity contribution is 0.503. The van der Waals surface area contributed by atoms with E-state index in [0.29, 0.717) is 5.88 Å². The molecule has 0 saturated carbocycles. The van der Waals surface area contributed by atoms with Crippen LogP contribution in [0.3, 0.4) is 0 Å². The molecule has 1 aromatic heterocycles. The maximum absolute atomic E-state index is 5.68. The van der Waals surface area contributed by atoms with Crippen LogP contribution < -0.4 is 0 Å². The van der Waals surface area contributed by atoms with Gasteiger partial charge in [0.1, 0.15) is 0 Å². The zero-order chi connectivity index (χ0) is 12.3. The summed E-state index contributed by atoms with van der Waals surface area (Å²) in [4.78, 5) is 4.24. The molecule has 0 aliphatic rings. The number of halogens is 3. The van der Waals surface area contributed by atoms with Crippen molar-refractivity contribution < 1.29 is 4.42 Å². The molecule has 0 fully saturated rings.